The van der Waals surface area contributed by atoms with Gasteiger partial charge in [0.2, 0.25) is 15.9 Å². The van der Waals surface area contributed by atoms with E-state index >= 15 is 0 Å². The molecule has 0 saturated carbocycles. The van der Waals surface area contributed by atoms with E-state index in [0.717, 1.165) is 18.9 Å². The molecule has 0 aliphatic rings. The number of hydrogen-bond acceptors (Lipinski definition) is 7. The average Bonchev–Trinajstić information content (AvgIpc) is 2.84. The number of carbonyl (C=O) groups is 1. The molecule has 192 valence electrons. The third kappa shape index (κ3) is 6.63. The molecule has 13 heteroatoms. The van der Waals surface area contributed by atoms with Gasteiger partial charge in [0.15, 0.2) is 5.16 Å². The van der Waals surface area contributed by atoms with Crippen LogP contribution in [0.5, 0.6) is 5.75 Å². The van der Waals surface area contributed by atoms with Crippen LogP contribution in [0, 0.1) is 7.14 Å². The molecule has 0 radical (unpaired) electrons. The van der Waals surface area contributed by atoms with Crippen molar-refractivity contribution in [3.05, 3.63) is 78.2 Å². The van der Waals surface area contributed by atoms with E-state index in [2.05, 4.69) is 50.5 Å². The van der Waals surface area contributed by atoms with Crippen LogP contribution < -0.4 is 20.8 Å². The molecule has 4 rings (SSSR count). The van der Waals surface area contributed by atoms with Crippen molar-refractivity contribution in [1.29, 1.82) is 0 Å². The standard InChI is InChI=1S/C24H20I2N4O5S2/c1-2-35-17-7-3-15(4-8-17)28-21(31)13-36-24-29-22-19(11-14(25)12-20(22)26)23(32)30(24)16-5-9-18(10-6-16)37(27,33)34/h3-12H,2,13H2,1H3,(H,28,31)(H2,27,33,34). The first-order valence-corrected chi connectivity index (χ1v) is 15.5. The van der Waals surface area contributed by atoms with Crippen molar-refractivity contribution in [2.75, 3.05) is 17.7 Å². The van der Waals surface area contributed by atoms with E-state index in [0.29, 0.717) is 39.8 Å². The fourth-order valence-electron chi connectivity index (χ4n) is 3.43. The van der Waals surface area contributed by atoms with Crippen molar-refractivity contribution in [2.45, 2.75) is 17.0 Å². The highest BCUT2D eigenvalue weighted by Gasteiger charge is 2.18. The van der Waals surface area contributed by atoms with Gasteiger partial charge in [-0.05, 0) is 113 Å². The Kier molecular flexibility index (Phi) is 8.77. The zero-order chi connectivity index (χ0) is 26.7. The Labute approximate surface area is 244 Å². The van der Waals surface area contributed by atoms with E-state index in [-0.39, 0.29) is 22.1 Å². The molecule has 0 aliphatic heterocycles. The van der Waals surface area contributed by atoms with Gasteiger partial charge >= 0.3 is 0 Å². The van der Waals surface area contributed by atoms with Crippen LogP contribution in [0.1, 0.15) is 6.92 Å². The van der Waals surface area contributed by atoms with Crippen molar-refractivity contribution in [1.82, 2.24) is 9.55 Å². The monoisotopic (exact) mass is 762 g/mol. The van der Waals surface area contributed by atoms with Gasteiger partial charge in [-0.1, -0.05) is 11.8 Å². The maximum Gasteiger partial charge on any atom is 0.266 e. The molecule has 9 nitrogen and oxygen atoms in total. The fraction of sp³-hybridized carbons (Fsp3) is 0.125. The molecule has 0 bridgehead atoms. The normalized spacial score (nSPS) is 11.5. The molecule has 1 heterocycles. The van der Waals surface area contributed by atoms with Gasteiger partial charge in [0.05, 0.1) is 33.8 Å². The van der Waals surface area contributed by atoms with Gasteiger partial charge in [0.25, 0.3) is 5.56 Å². The summed E-state index contributed by atoms with van der Waals surface area (Å²) < 4.78 is 31.8. The van der Waals surface area contributed by atoms with Crippen molar-refractivity contribution in [2.24, 2.45) is 5.14 Å². The maximum absolute atomic E-state index is 13.6. The van der Waals surface area contributed by atoms with E-state index in [9.17, 15) is 18.0 Å². The molecule has 0 unspecified atom stereocenters. The number of amides is 1. The summed E-state index contributed by atoms with van der Waals surface area (Å²) in [5, 5.41) is 8.74. The summed E-state index contributed by atoms with van der Waals surface area (Å²) in [5.41, 5.74) is 1.20. The number of sulfonamides is 1. The predicted octanol–water partition coefficient (Wildman–Crippen LogP) is 4.37. The van der Waals surface area contributed by atoms with Gasteiger partial charge in [0, 0.05) is 12.8 Å². The van der Waals surface area contributed by atoms with E-state index in [1.54, 1.807) is 30.3 Å². The highest BCUT2D eigenvalue weighted by atomic mass is 127. The molecule has 1 amide bonds. The molecular formula is C24H20I2N4O5S2. The van der Waals surface area contributed by atoms with Crippen LogP contribution >= 0.6 is 56.9 Å². The number of carbonyl (C=O) groups excluding carboxylic acids is 1. The summed E-state index contributed by atoms with van der Waals surface area (Å²) in [6.45, 7) is 2.44. The quantitative estimate of drug-likeness (QED) is 0.155. The van der Waals surface area contributed by atoms with Crippen LogP contribution in [0.4, 0.5) is 5.69 Å². The minimum atomic E-state index is -3.90. The molecule has 37 heavy (non-hydrogen) atoms. The Balaban J connectivity index is 1.69. The van der Waals surface area contributed by atoms with Gasteiger partial charge in [-0.15, -0.1) is 0 Å². The topological polar surface area (TPSA) is 133 Å². The van der Waals surface area contributed by atoms with Crippen LogP contribution in [0.2, 0.25) is 0 Å². The number of thioether (sulfide) groups is 1. The molecule has 4 aromatic rings. The van der Waals surface area contributed by atoms with E-state index in [4.69, 9.17) is 14.9 Å². The molecular weight excluding hydrogens is 742 g/mol. The second-order valence-electron chi connectivity index (χ2n) is 7.65. The molecule has 0 fully saturated rings. The number of rotatable bonds is 8. The summed E-state index contributed by atoms with van der Waals surface area (Å²) in [7, 11) is -3.90. The number of halogens is 2. The second kappa shape index (κ2) is 11.7. The van der Waals surface area contributed by atoms with Crippen molar-refractivity contribution in [3.63, 3.8) is 0 Å². The van der Waals surface area contributed by atoms with E-state index < -0.39 is 10.0 Å². The van der Waals surface area contributed by atoms with Crippen LogP contribution in [0.15, 0.2) is 75.5 Å². The summed E-state index contributed by atoms with van der Waals surface area (Å²) in [4.78, 5) is 30.9. The number of ether oxygens (including phenoxy) is 1. The summed E-state index contributed by atoms with van der Waals surface area (Å²) >= 11 is 5.36. The number of aromatic nitrogens is 2. The number of nitrogens with one attached hydrogen (secondary N) is 1. The highest BCUT2D eigenvalue weighted by molar-refractivity contribution is 14.1. The SMILES string of the molecule is CCOc1ccc(NC(=O)CSc2nc3c(I)cc(I)cc3c(=O)n2-c2ccc(S(N)(=O)=O)cc2)cc1. The first kappa shape index (κ1) is 27.8. The lowest BCUT2D eigenvalue weighted by molar-refractivity contribution is -0.113. The predicted molar refractivity (Wildman–Crippen MR) is 161 cm³/mol. The molecule has 1 aromatic heterocycles. The highest BCUT2D eigenvalue weighted by Crippen LogP contribution is 2.26. The Morgan fingerprint density at radius 3 is 2.41 bits per heavy atom. The van der Waals surface area contributed by atoms with Crippen LogP contribution in [-0.4, -0.2) is 36.2 Å². The molecule has 0 aliphatic carbocycles. The van der Waals surface area contributed by atoms with Crippen molar-refractivity contribution in [3.8, 4) is 11.4 Å². The molecule has 3 aromatic carbocycles. The smallest absolute Gasteiger partial charge is 0.266 e. The van der Waals surface area contributed by atoms with Crippen molar-refractivity contribution < 1.29 is 17.9 Å². The van der Waals surface area contributed by atoms with Gasteiger partial charge in [-0.25, -0.2) is 18.5 Å². The molecule has 0 saturated heterocycles. The molecule has 0 atom stereocenters. The Bertz CT molecular complexity index is 1640. The number of primary sulfonamides is 1. The zero-order valence-corrected chi connectivity index (χ0v) is 25.2. The Morgan fingerprint density at radius 1 is 1.11 bits per heavy atom. The fourth-order valence-corrected chi connectivity index (χ4v) is 6.72. The molecule has 3 N–H and O–H groups in total. The number of benzene rings is 3. The largest absolute Gasteiger partial charge is 0.494 e. The zero-order valence-electron chi connectivity index (χ0n) is 19.3. The molecule has 0 spiro atoms. The number of anilines is 1. The number of nitrogens with zero attached hydrogens (tertiary/aromatic N) is 2. The average molecular weight is 762 g/mol. The lowest BCUT2D eigenvalue weighted by Gasteiger charge is -2.14. The minimum Gasteiger partial charge on any atom is -0.494 e. The van der Waals surface area contributed by atoms with Crippen molar-refractivity contribution >= 4 is 89.5 Å². The van der Waals surface area contributed by atoms with E-state index in [1.165, 1.54) is 28.8 Å². The van der Waals surface area contributed by atoms with Crippen LogP contribution in [0.3, 0.4) is 0 Å². The van der Waals surface area contributed by atoms with Gasteiger partial charge in [0.1, 0.15) is 5.75 Å². The first-order chi connectivity index (χ1) is 17.6. The maximum atomic E-state index is 13.6. The number of fused-ring (bicyclic) bond motifs is 1. The lowest BCUT2D eigenvalue weighted by atomic mass is 10.2. The third-order valence-electron chi connectivity index (χ3n) is 5.07. The lowest BCUT2D eigenvalue weighted by Crippen LogP contribution is -2.23. The third-order valence-corrected chi connectivity index (χ3v) is 8.38. The number of nitrogens with two attached hydrogens (primary N) is 1. The number of hydrogen-bond donors (Lipinski definition) is 2. The van der Waals surface area contributed by atoms with E-state index in [1.807, 2.05) is 13.0 Å². The van der Waals surface area contributed by atoms with Gasteiger partial charge in [-0.3, -0.25) is 14.2 Å². The van der Waals surface area contributed by atoms with Crippen LogP contribution in [0.25, 0.3) is 16.6 Å². The van der Waals surface area contributed by atoms with Crippen LogP contribution in [-0.2, 0) is 14.8 Å². The van der Waals surface area contributed by atoms with Gasteiger partial charge in [-0.2, -0.15) is 0 Å². The first-order valence-electron chi connectivity index (χ1n) is 10.8. The second-order valence-corrected chi connectivity index (χ2v) is 12.6. The summed E-state index contributed by atoms with van der Waals surface area (Å²) in [6.07, 6.45) is 0. The Hall–Kier alpha value is -2.21. The Morgan fingerprint density at radius 2 is 1.78 bits per heavy atom. The van der Waals surface area contributed by atoms with Gasteiger partial charge < -0.3 is 10.1 Å². The summed E-state index contributed by atoms with van der Waals surface area (Å²) in [6, 6.07) is 16.3. The minimum absolute atomic E-state index is 0.0125. The summed E-state index contributed by atoms with van der Waals surface area (Å²) in [5.74, 6) is 0.412.